The summed E-state index contributed by atoms with van der Waals surface area (Å²) in [5, 5.41) is 17.6. The lowest BCUT2D eigenvalue weighted by atomic mass is 10.1. The molecule has 0 amide bonds. The van der Waals surface area contributed by atoms with E-state index in [0.29, 0.717) is 5.56 Å². The zero-order valence-corrected chi connectivity index (χ0v) is 6.99. The maximum absolute atomic E-state index is 12.9. The van der Waals surface area contributed by atoms with Crippen LogP contribution in [0.3, 0.4) is 0 Å². The first-order valence-electron chi connectivity index (χ1n) is 3.64. The summed E-state index contributed by atoms with van der Waals surface area (Å²) in [6.07, 6.45) is 1.29. The van der Waals surface area contributed by atoms with Crippen LogP contribution in [0.2, 0.25) is 0 Å². The van der Waals surface area contributed by atoms with Crippen LogP contribution in [0.5, 0.6) is 5.75 Å². The van der Waals surface area contributed by atoms with Gasteiger partial charge in [-0.3, -0.25) is 0 Å². The second-order valence-corrected chi connectivity index (χ2v) is 2.49. The molecule has 14 heavy (non-hydrogen) atoms. The lowest BCUT2D eigenvalue weighted by Crippen LogP contribution is -1.88. The summed E-state index contributed by atoms with van der Waals surface area (Å²) in [6.45, 7) is -0.0601. The summed E-state index contributed by atoms with van der Waals surface area (Å²) in [7, 11) is 0. The number of benzene rings is 1. The van der Waals surface area contributed by atoms with Gasteiger partial charge in [0, 0.05) is 0 Å². The minimum absolute atomic E-state index is 0.0601. The molecule has 5 heteroatoms. The Bertz CT molecular complexity index is 445. The Morgan fingerprint density at radius 2 is 2.29 bits per heavy atom. The van der Waals surface area contributed by atoms with Crippen LogP contribution in [0.4, 0.5) is 4.39 Å². The average Bonchev–Trinajstić information content (AvgIpc) is 2.19. The Morgan fingerprint density at radius 1 is 1.57 bits per heavy atom. The zero-order chi connectivity index (χ0) is 10.6. The fraction of sp³-hybridized carbons (Fsp3) is 0.111. The van der Waals surface area contributed by atoms with Crippen LogP contribution in [0, 0.1) is 17.1 Å². The number of phenols is 1. The van der Waals surface area contributed by atoms with Gasteiger partial charge in [-0.2, -0.15) is 5.26 Å². The molecule has 0 aliphatic heterocycles. The van der Waals surface area contributed by atoms with Crippen molar-refractivity contribution in [2.75, 3.05) is 0 Å². The predicted octanol–water partition coefficient (Wildman–Crippen LogP) is 1.24. The number of nitriles is 1. The van der Waals surface area contributed by atoms with Gasteiger partial charge in [-0.1, -0.05) is 0 Å². The van der Waals surface area contributed by atoms with Crippen molar-refractivity contribution in [3.63, 3.8) is 0 Å². The zero-order valence-electron chi connectivity index (χ0n) is 6.99. The maximum atomic E-state index is 12.9. The van der Waals surface area contributed by atoms with E-state index in [9.17, 15) is 9.18 Å². The van der Waals surface area contributed by atoms with E-state index in [0.717, 1.165) is 6.07 Å². The molecule has 0 saturated heterocycles. The van der Waals surface area contributed by atoms with E-state index in [1.54, 1.807) is 6.07 Å². The van der Waals surface area contributed by atoms with Crippen molar-refractivity contribution in [3.8, 4) is 11.8 Å². The minimum atomic E-state index is -0.903. The molecule has 4 nitrogen and oxygen atoms in total. The Balaban J connectivity index is 3.17. The Morgan fingerprint density at radius 3 is 2.86 bits per heavy atom. The van der Waals surface area contributed by atoms with Crippen LogP contribution in [-0.4, -0.2) is 11.2 Å². The van der Waals surface area contributed by atoms with Gasteiger partial charge < -0.3 is 5.11 Å². The molecule has 0 radical (unpaired) electrons. The monoisotopic (exact) mass is 192 g/mol. The van der Waals surface area contributed by atoms with Gasteiger partial charge in [-0.15, -0.1) is 0 Å². The summed E-state index contributed by atoms with van der Waals surface area (Å²) < 4.78 is 12.9. The van der Waals surface area contributed by atoms with Crippen molar-refractivity contribution in [1.82, 2.24) is 0 Å². The lowest BCUT2D eigenvalue weighted by Gasteiger charge is -2.00. The van der Waals surface area contributed by atoms with Crippen molar-refractivity contribution in [2.24, 2.45) is 4.99 Å². The van der Waals surface area contributed by atoms with Gasteiger partial charge in [0.05, 0.1) is 12.1 Å². The fourth-order valence-electron chi connectivity index (χ4n) is 0.955. The molecule has 70 valence electrons. The van der Waals surface area contributed by atoms with Gasteiger partial charge in [-0.05, 0) is 17.7 Å². The molecule has 1 aromatic rings. The van der Waals surface area contributed by atoms with Crippen LogP contribution < -0.4 is 0 Å². The predicted molar refractivity (Wildman–Crippen MR) is 44.6 cm³/mol. The topological polar surface area (TPSA) is 73.5 Å². The van der Waals surface area contributed by atoms with Gasteiger partial charge >= 0.3 is 0 Å². The number of aliphatic imine (C=N–C) groups is 1. The van der Waals surface area contributed by atoms with Gasteiger partial charge in [0.1, 0.15) is 6.07 Å². The number of hydrogen-bond acceptors (Lipinski definition) is 4. The summed E-state index contributed by atoms with van der Waals surface area (Å²) in [5.41, 5.74) is 0.154. The van der Waals surface area contributed by atoms with E-state index < -0.39 is 11.6 Å². The molecule has 0 unspecified atom stereocenters. The Labute approximate surface area is 78.9 Å². The van der Waals surface area contributed by atoms with Crippen molar-refractivity contribution < 1.29 is 14.3 Å². The molecule has 0 heterocycles. The highest BCUT2D eigenvalue weighted by Gasteiger charge is 2.08. The van der Waals surface area contributed by atoms with Gasteiger partial charge in [0.25, 0.3) is 0 Å². The van der Waals surface area contributed by atoms with E-state index in [1.165, 1.54) is 12.1 Å². The Hall–Kier alpha value is -2.18. The lowest BCUT2D eigenvalue weighted by molar-refractivity contribution is 0.430. The van der Waals surface area contributed by atoms with Crippen LogP contribution in [0.1, 0.15) is 11.1 Å². The molecule has 1 N–H and O–H groups in total. The number of phenolic OH excluding ortho intramolecular Hbond substituents is 1. The van der Waals surface area contributed by atoms with E-state index >= 15 is 0 Å². The fourth-order valence-corrected chi connectivity index (χ4v) is 0.955. The van der Waals surface area contributed by atoms with Crippen LogP contribution in [0.15, 0.2) is 17.1 Å². The standard InChI is InChI=1S/C9H5FN2O2/c10-8-2-6(4-12-5-13)1-7(3-11)9(8)14/h1-2,14H,4H2. The van der Waals surface area contributed by atoms with E-state index in [1.807, 2.05) is 0 Å². The second kappa shape index (κ2) is 4.17. The number of rotatable bonds is 2. The summed E-state index contributed by atoms with van der Waals surface area (Å²) in [4.78, 5) is 13.0. The number of carbonyl (C=O) groups excluding carboxylic acids is 1. The smallest absolute Gasteiger partial charge is 0.235 e. The third-order valence-electron chi connectivity index (χ3n) is 1.57. The molecule has 0 aliphatic rings. The molecule has 0 aliphatic carbocycles. The van der Waals surface area contributed by atoms with Gasteiger partial charge in [0.15, 0.2) is 11.6 Å². The first kappa shape index (κ1) is 9.90. The van der Waals surface area contributed by atoms with E-state index in [4.69, 9.17) is 10.4 Å². The molecular formula is C9H5FN2O2. The number of nitrogens with zero attached hydrogens (tertiary/aromatic N) is 2. The molecule has 1 aromatic carbocycles. The third-order valence-corrected chi connectivity index (χ3v) is 1.57. The quantitative estimate of drug-likeness (QED) is 0.565. The highest BCUT2D eigenvalue weighted by atomic mass is 19.1. The molecule has 0 atom stereocenters. The molecule has 0 bridgehead atoms. The summed E-state index contributed by atoms with van der Waals surface area (Å²) >= 11 is 0. The molecule has 0 fully saturated rings. The van der Waals surface area contributed by atoms with E-state index in [-0.39, 0.29) is 12.1 Å². The third kappa shape index (κ3) is 1.94. The van der Waals surface area contributed by atoms with Crippen molar-refractivity contribution in [3.05, 3.63) is 29.1 Å². The molecular weight excluding hydrogens is 187 g/mol. The van der Waals surface area contributed by atoms with Gasteiger partial charge in [-0.25, -0.2) is 14.2 Å². The molecule has 0 spiro atoms. The second-order valence-electron chi connectivity index (χ2n) is 2.49. The normalized spacial score (nSPS) is 8.86. The summed E-state index contributed by atoms with van der Waals surface area (Å²) in [5.74, 6) is -1.59. The van der Waals surface area contributed by atoms with Crippen molar-refractivity contribution in [1.29, 1.82) is 5.26 Å². The van der Waals surface area contributed by atoms with Crippen molar-refractivity contribution in [2.45, 2.75) is 6.54 Å². The van der Waals surface area contributed by atoms with Crippen LogP contribution in [-0.2, 0) is 11.3 Å². The number of hydrogen-bond donors (Lipinski definition) is 1. The number of aromatic hydroxyl groups is 1. The molecule has 0 aromatic heterocycles. The molecule has 1 rings (SSSR count). The van der Waals surface area contributed by atoms with Crippen molar-refractivity contribution >= 4 is 6.08 Å². The maximum Gasteiger partial charge on any atom is 0.235 e. The Kier molecular flexibility index (Phi) is 2.95. The highest BCUT2D eigenvalue weighted by Crippen LogP contribution is 2.22. The van der Waals surface area contributed by atoms with Crippen LogP contribution >= 0.6 is 0 Å². The largest absolute Gasteiger partial charge is 0.504 e. The van der Waals surface area contributed by atoms with Gasteiger partial charge in [0.2, 0.25) is 6.08 Å². The SMILES string of the molecule is N#Cc1cc(CN=C=O)cc(F)c1O. The first-order chi connectivity index (χ1) is 6.69. The average molecular weight is 192 g/mol. The molecule has 0 saturated carbocycles. The minimum Gasteiger partial charge on any atom is -0.504 e. The van der Waals surface area contributed by atoms with E-state index in [2.05, 4.69) is 4.99 Å². The highest BCUT2D eigenvalue weighted by molar-refractivity contribution is 5.46. The first-order valence-corrected chi connectivity index (χ1v) is 3.64. The summed E-state index contributed by atoms with van der Waals surface area (Å²) in [6, 6.07) is 3.90. The number of halogens is 1. The van der Waals surface area contributed by atoms with Crippen LogP contribution in [0.25, 0.3) is 0 Å². The number of isocyanates is 1.